The Kier molecular flexibility index (Phi) is 3.64. The molecule has 0 bridgehead atoms. The molecule has 100 valence electrons. The van der Waals surface area contributed by atoms with Crippen molar-refractivity contribution in [3.05, 3.63) is 42.0 Å². The molecule has 0 unspecified atom stereocenters. The predicted octanol–water partition coefficient (Wildman–Crippen LogP) is 2.29. The van der Waals surface area contributed by atoms with Gasteiger partial charge in [-0.2, -0.15) is 5.10 Å². The topological polar surface area (TPSA) is 46.8 Å². The lowest BCUT2D eigenvalue weighted by Gasteiger charge is -2.18. The molecule has 5 heteroatoms. The SMILES string of the molecule is C=C(C)CN(C)c1cncc(-n2nc(C)cc2C)n1. The summed E-state index contributed by atoms with van der Waals surface area (Å²) >= 11 is 0. The molecule has 0 radical (unpaired) electrons. The molecule has 0 spiro atoms. The summed E-state index contributed by atoms with van der Waals surface area (Å²) in [5.74, 6) is 1.55. The van der Waals surface area contributed by atoms with E-state index in [0.717, 1.165) is 35.1 Å². The maximum Gasteiger partial charge on any atom is 0.174 e. The van der Waals surface area contributed by atoms with Crippen LogP contribution in [-0.4, -0.2) is 33.3 Å². The largest absolute Gasteiger partial charge is 0.354 e. The summed E-state index contributed by atoms with van der Waals surface area (Å²) in [6, 6.07) is 2.02. The average molecular weight is 257 g/mol. The number of aryl methyl sites for hydroxylation is 2. The third-order valence-electron chi connectivity index (χ3n) is 2.73. The van der Waals surface area contributed by atoms with Gasteiger partial charge in [0.2, 0.25) is 0 Å². The summed E-state index contributed by atoms with van der Waals surface area (Å²) in [7, 11) is 1.98. The normalized spacial score (nSPS) is 10.5. The van der Waals surface area contributed by atoms with E-state index >= 15 is 0 Å². The Hall–Kier alpha value is -2.17. The molecular formula is C14H19N5. The average Bonchev–Trinajstić information content (AvgIpc) is 2.68. The second kappa shape index (κ2) is 5.22. The van der Waals surface area contributed by atoms with E-state index < -0.39 is 0 Å². The van der Waals surface area contributed by atoms with Gasteiger partial charge in [-0.3, -0.25) is 4.98 Å². The fraction of sp³-hybridized carbons (Fsp3) is 0.357. The van der Waals surface area contributed by atoms with Crippen molar-refractivity contribution in [3.8, 4) is 5.82 Å². The third kappa shape index (κ3) is 2.99. The van der Waals surface area contributed by atoms with Crippen LogP contribution in [0.15, 0.2) is 30.6 Å². The molecule has 0 atom stereocenters. The van der Waals surface area contributed by atoms with Crippen LogP contribution >= 0.6 is 0 Å². The molecule has 2 rings (SSSR count). The Bertz CT molecular complexity index is 600. The smallest absolute Gasteiger partial charge is 0.174 e. The van der Waals surface area contributed by atoms with Crippen LogP contribution < -0.4 is 4.90 Å². The van der Waals surface area contributed by atoms with Crippen LogP contribution in [0.4, 0.5) is 5.82 Å². The molecule has 5 nitrogen and oxygen atoms in total. The van der Waals surface area contributed by atoms with Gasteiger partial charge >= 0.3 is 0 Å². The van der Waals surface area contributed by atoms with Gasteiger partial charge in [0.1, 0.15) is 5.82 Å². The molecule has 2 aromatic heterocycles. The molecule has 0 aliphatic carbocycles. The minimum Gasteiger partial charge on any atom is -0.354 e. The molecule has 19 heavy (non-hydrogen) atoms. The number of anilines is 1. The molecule has 0 aromatic carbocycles. The Labute approximate surface area is 113 Å². The summed E-state index contributed by atoms with van der Waals surface area (Å²) in [5, 5.41) is 4.42. The fourth-order valence-electron chi connectivity index (χ4n) is 1.98. The van der Waals surface area contributed by atoms with Crippen molar-refractivity contribution in [2.75, 3.05) is 18.5 Å². The molecule has 0 aliphatic heterocycles. The first-order chi connectivity index (χ1) is 8.97. The van der Waals surface area contributed by atoms with Crippen molar-refractivity contribution in [1.29, 1.82) is 0 Å². The third-order valence-corrected chi connectivity index (χ3v) is 2.73. The zero-order valence-corrected chi connectivity index (χ0v) is 11.9. The number of hydrogen-bond acceptors (Lipinski definition) is 4. The Balaban J connectivity index is 2.34. The van der Waals surface area contributed by atoms with Gasteiger partial charge in [-0.25, -0.2) is 9.67 Å². The second-order valence-corrected chi connectivity index (χ2v) is 4.89. The number of hydrogen-bond donors (Lipinski definition) is 0. The van der Waals surface area contributed by atoms with Crippen molar-refractivity contribution in [3.63, 3.8) is 0 Å². The highest BCUT2D eigenvalue weighted by atomic mass is 15.3. The monoisotopic (exact) mass is 257 g/mol. The minimum absolute atomic E-state index is 0.733. The maximum absolute atomic E-state index is 4.59. The van der Waals surface area contributed by atoms with E-state index in [1.165, 1.54) is 0 Å². The van der Waals surface area contributed by atoms with Crippen LogP contribution in [0.3, 0.4) is 0 Å². The Morgan fingerprint density at radius 3 is 2.68 bits per heavy atom. The van der Waals surface area contributed by atoms with Gasteiger partial charge in [0.25, 0.3) is 0 Å². The second-order valence-electron chi connectivity index (χ2n) is 4.89. The summed E-state index contributed by atoms with van der Waals surface area (Å²) in [4.78, 5) is 10.9. The lowest BCUT2D eigenvalue weighted by molar-refractivity contribution is 0.792. The van der Waals surface area contributed by atoms with Crippen molar-refractivity contribution >= 4 is 5.82 Å². The molecule has 0 amide bonds. The highest BCUT2D eigenvalue weighted by Gasteiger charge is 2.08. The molecule has 0 N–H and O–H groups in total. The van der Waals surface area contributed by atoms with Crippen molar-refractivity contribution < 1.29 is 0 Å². The van der Waals surface area contributed by atoms with Crippen LogP contribution in [0.25, 0.3) is 5.82 Å². The standard InChI is InChI=1S/C14H19N5/c1-10(2)9-18(5)13-7-15-8-14(16-13)19-12(4)6-11(3)17-19/h6-8H,1,9H2,2-5H3. The molecule has 0 aliphatic rings. The summed E-state index contributed by atoms with van der Waals surface area (Å²) in [5.41, 5.74) is 3.10. The number of likely N-dealkylation sites (N-methyl/N-ethyl adjacent to an activating group) is 1. The van der Waals surface area contributed by atoms with Gasteiger partial charge in [0, 0.05) is 19.3 Å². The molecular weight excluding hydrogens is 238 g/mol. The molecule has 0 saturated carbocycles. The van der Waals surface area contributed by atoms with Crippen molar-refractivity contribution in [1.82, 2.24) is 19.7 Å². The number of aromatic nitrogens is 4. The van der Waals surface area contributed by atoms with E-state index in [1.54, 1.807) is 17.1 Å². The van der Waals surface area contributed by atoms with Crippen LogP contribution in [0, 0.1) is 13.8 Å². The zero-order chi connectivity index (χ0) is 14.0. The maximum atomic E-state index is 4.59. The molecule has 2 heterocycles. The van der Waals surface area contributed by atoms with Crippen molar-refractivity contribution in [2.45, 2.75) is 20.8 Å². The van der Waals surface area contributed by atoms with Gasteiger partial charge < -0.3 is 4.90 Å². The van der Waals surface area contributed by atoms with E-state index in [1.807, 2.05) is 38.8 Å². The first-order valence-electron chi connectivity index (χ1n) is 6.18. The van der Waals surface area contributed by atoms with Gasteiger partial charge in [0.05, 0.1) is 18.1 Å². The first-order valence-corrected chi connectivity index (χ1v) is 6.18. The van der Waals surface area contributed by atoms with Crippen molar-refractivity contribution in [2.24, 2.45) is 0 Å². The van der Waals surface area contributed by atoms with Crippen LogP contribution in [-0.2, 0) is 0 Å². The lowest BCUT2D eigenvalue weighted by atomic mass is 10.3. The van der Waals surface area contributed by atoms with Gasteiger partial charge in [-0.05, 0) is 26.8 Å². The molecule has 0 fully saturated rings. The van der Waals surface area contributed by atoms with E-state index in [-0.39, 0.29) is 0 Å². The van der Waals surface area contributed by atoms with Crippen LogP contribution in [0.5, 0.6) is 0 Å². The van der Waals surface area contributed by atoms with E-state index in [4.69, 9.17) is 0 Å². The van der Waals surface area contributed by atoms with Gasteiger partial charge in [-0.1, -0.05) is 12.2 Å². The summed E-state index contributed by atoms with van der Waals surface area (Å²) < 4.78 is 1.81. The predicted molar refractivity (Wildman–Crippen MR) is 76.7 cm³/mol. The molecule has 2 aromatic rings. The highest BCUT2D eigenvalue weighted by molar-refractivity contribution is 5.40. The van der Waals surface area contributed by atoms with Gasteiger partial charge in [0.15, 0.2) is 5.82 Å². The van der Waals surface area contributed by atoms with E-state index in [0.29, 0.717) is 0 Å². The first kappa shape index (κ1) is 13.3. The number of rotatable bonds is 4. The Morgan fingerprint density at radius 1 is 1.37 bits per heavy atom. The van der Waals surface area contributed by atoms with Crippen LogP contribution in [0.1, 0.15) is 18.3 Å². The highest BCUT2D eigenvalue weighted by Crippen LogP contribution is 2.13. The molecule has 0 saturated heterocycles. The van der Waals surface area contributed by atoms with Crippen LogP contribution in [0.2, 0.25) is 0 Å². The number of nitrogens with zero attached hydrogens (tertiary/aromatic N) is 5. The van der Waals surface area contributed by atoms with E-state index in [2.05, 4.69) is 21.6 Å². The van der Waals surface area contributed by atoms with Gasteiger partial charge in [-0.15, -0.1) is 0 Å². The van der Waals surface area contributed by atoms with E-state index in [9.17, 15) is 0 Å². The zero-order valence-electron chi connectivity index (χ0n) is 11.9. The summed E-state index contributed by atoms with van der Waals surface area (Å²) in [6.07, 6.45) is 3.47. The lowest BCUT2D eigenvalue weighted by Crippen LogP contribution is -2.21. The Morgan fingerprint density at radius 2 is 2.11 bits per heavy atom. The fourth-order valence-corrected chi connectivity index (χ4v) is 1.98. The summed E-state index contributed by atoms with van der Waals surface area (Å²) in [6.45, 7) is 10.6. The quantitative estimate of drug-likeness (QED) is 0.788. The minimum atomic E-state index is 0.733.